The fourth-order valence-corrected chi connectivity index (χ4v) is 5.06. The van der Waals surface area contributed by atoms with Crippen LogP contribution >= 0.6 is 22.7 Å². The van der Waals surface area contributed by atoms with Crippen molar-refractivity contribution in [2.45, 2.75) is 6.61 Å². The van der Waals surface area contributed by atoms with Gasteiger partial charge in [-0.2, -0.15) is 0 Å². The number of imidazole rings is 1. The summed E-state index contributed by atoms with van der Waals surface area (Å²) in [6.07, 6.45) is 3.40. The van der Waals surface area contributed by atoms with Crippen molar-refractivity contribution >= 4 is 37.9 Å². The number of hydrogen-bond donors (Lipinski definition) is 1. The van der Waals surface area contributed by atoms with E-state index in [9.17, 15) is 15.2 Å². The van der Waals surface area contributed by atoms with Gasteiger partial charge in [-0.1, -0.05) is 17.4 Å². The topological polar surface area (TPSA) is 94.1 Å². The maximum Gasteiger partial charge on any atom is 0.324 e. The molecule has 0 aliphatic carbocycles. The van der Waals surface area contributed by atoms with E-state index in [0.717, 1.165) is 53.9 Å². The van der Waals surface area contributed by atoms with Gasteiger partial charge >= 0.3 is 5.00 Å². The highest BCUT2D eigenvalue weighted by Gasteiger charge is 2.15. The normalized spacial score (nSPS) is 11.2. The third kappa shape index (κ3) is 3.28. The van der Waals surface area contributed by atoms with Gasteiger partial charge in [-0.05, 0) is 48.0 Å². The first-order valence-corrected chi connectivity index (χ1v) is 10.6. The summed E-state index contributed by atoms with van der Waals surface area (Å²) in [6.45, 7) is 0.0124. The minimum Gasteiger partial charge on any atom is -0.392 e. The van der Waals surface area contributed by atoms with Gasteiger partial charge in [0.15, 0.2) is 0 Å². The molecule has 5 rings (SSSR count). The summed E-state index contributed by atoms with van der Waals surface area (Å²) in [6, 6.07) is 17.0. The molecule has 2 aromatic carbocycles. The number of thiazole rings is 1. The first-order valence-electron chi connectivity index (χ1n) is 9.00. The van der Waals surface area contributed by atoms with Gasteiger partial charge in [-0.15, -0.1) is 11.3 Å². The fourth-order valence-electron chi connectivity index (χ4n) is 3.20. The Morgan fingerprint density at radius 1 is 1.07 bits per heavy atom. The summed E-state index contributed by atoms with van der Waals surface area (Å²) in [4.78, 5) is 20.3. The standard InChI is InChI=1S/C21H14N4O3S2/c26-11-13-1-6-16-19(9-13)30-21(23-16)14-2-4-15(5-3-14)24-12-22-10-17(24)18-7-8-20(29-18)25(27)28/h1-10,12,26H,11H2. The highest BCUT2D eigenvalue weighted by atomic mass is 32.1. The Labute approximate surface area is 178 Å². The number of fused-ring (bicyclic) bond motifs is 1. The summed E-state index contributed by atoms with van der Waals surface area (Å²) >= 11 is 2.71. The molecule has 7 nitrogen and oxygen atoms in total. The Morgan fingerprint density at radius 2 is 1.90 bits per heavy atom. The molecular weight excluding hydrogens is 420 g/mol. The van der Waals surface area contributed by atoms with Crippen molar-refractivity contribution in [2.24, 2.45) is 0 Å². The van der Waals surface area contributed by atoms with Crippen LogP contribution in [0, 0.1) is 10.1 Å². The number of benzene rings is 2. The number of hydrogen-bond acceptors (Lipinski definition) is 7. The largest absolute Gasteiger partial charge is 0.392 e. The lowest BCUT2D eigenvalue weighted by atomic mass is 10.2. The van der Waals surface area contributed by atoms with Crippen molar-refractivity contribution in [1.29, 1.82) is 0 Å². The van der Waals surface area contributed by atoms with E-state index in [4.69, 9.17) is 4.98 Å². The van der Waals surface area contributed by atoms with Crippen LogP contribution in [0.5, 0.6) is 0 Å². The van der Waals surface area contributed by atoms with E-state index in [1.54, 1.807) is 29.9 Å². The van der Waals surface area contributed by atoms with Crippen molar-refractivity contribution < 1.29 is 10.0 Å². The molecule has 0 amide bonds. The predicted octanol–water partition coefficient (Wildman–Crippen LogP) is 5.28. The molecule has 3 aromatic heterocycles. The minimum atomic E-state index is -0.384. The van der Waals surface area contributed by atoms with Crippen molar-refractivity contribution in [1.82, 2.24) is 14.5 Å². The maximum atomic E-state index is 11.0. The first kappa shape index (κ1) is 18.6. The molecule has 0 spiro atoms. The number of aliphatic hydroxyl groups excluding tert-OH is 1. The molecule has 3 heterocycles. The van der Waals surface area contributed by atoms with Gasteiger partial charge in [-0.3, -0.25) is 14.7 Å². The summed E-state index contributed by atoms with van der Waals surface area (Å²) in [5.74, 6) is 0. The Balaban J connectivity index is 1.47. The molecule has 0 radical (unpaired) electrons. The van der Waals surface area contributed by atoms with Crippen LogP contribution in [0.2, 0.25) is 0 Å². The molecule has 5 aromatic rings. The van der Waals surface area contributed by atoms with Crippen LogP contribution in [0.25, 0.3) is 37.0 Å². The van der Waals surface area contributed by atoms with Crippen molar-refractivity contribution in [2.75, 3.05) is 0 Å². The lowest BCUT2D eigenvalue weighted by molar-refractivity contribution is -0.380. The van der Waals surface area contributed by atoms with Crippen LogP contribution in [-0.2, 0) is 6.61 Å². The average molecular weight is 435 g/mol. The van der Waals surface area contributed by atoms with Crippen LogP contribution in [0.15, 0.2) is 67.1 Å². The molecule has 1 N–H and O–H groups in total. The van der Waals surface area contributed by atoms with E-state index in [1.165, 1.54) is 6.07 Å². The Hall–Kier alpha value is -3.40. The van der Waals surface area contributed by atoms with Gasteiger partial charge in [0.25, 0.3) is 0 Å². The van der Waals surface area contributed by atoms with Gasteiger partial charge in [0.2, 0.25) is 0 Å². The van der Waals surface area contributed by atoms with Gasteiger partial charge in [0, 0.05) is 17.3 Å². The Kier molecular flexibility index (Phi) is 4.62. The lowest BCUT2D eigenvalue weighted by Gasteiger charge is -2.07. The second kappa shape index (κ2) is 7.45. The van der Waals surface area contributed by atoms with E-state index in [-0.39, 0.29) is 16.5 Å². The van der Waals surface area contributed by atoms with Gasteiger partial charge in [0.05, 0.1) is 44.8 Å². The molecule has 9 heteroatoms. The van der Waals surface area contributed by atoms with Crippen LogP contribution < -0.4 is 0 Å². The molecule has 0 aliphatic heterocycles. The smallest absolute Gasteiger partial charge is 0.324 e. The van der Waals surface area contributed by atoms with E-state index in [0.29, 0.717) is 0 Å². The molecule has 30 heavy (non-hydrogen) atoms. The molecular formula is C21H14N4O3S2. The molecule has 148 valence electrons. The zero-order valence-electron chi connectivity index (χ0n) is 15.4. The Bertz CT molecular complexity index is 1370. The van der Waals surface area contributed by atoms with Gasteiger partial charge in [0.1, 0.15) is 5.01 Å². The molecule has 0 saturated carbocycles. The van der Waals surface area contributed by atoms with Gasteiger partial charge < -0.3 is 5.11 Å². The molecule has 0 atom stereocenters. The van der Waals surface area contributed by atoms with Crippen molar-refractivity contribution in [3.05, 3.63) is 82.8 Å². The summed E-state index contributed by atoms with van der Waals surface area (Å²) < 4.78 is 2.95. The van der Waals surface area contributed by atoms with Crippen LogP contribution in [0.4, 0.5) is 5.00 Å². The molecule has 0 fully saturated rings. The molecule has 0 aliphatic rings. The fraction of sp³-hybridized carbons (Fsp3) is 0.0476. The van der Waals surface area contributed by atoms with E-state index < -0.39 is 0 Å². The Morgan fingerprint density at radius 3 is 2.63 bits per heavy atom. The highest BCUT2D eigenvalue weighted by Crippen LogP contribution is 2.35. The average Bonchev–Trinajstić information content (AvgIpc) is 3.51. The summed E-state index contributed by atoms with van der Waals surface area (Å²) in [5.41, 5.74) is 4.49. The van der Waals surface area contributed by atoms with Crippen molar-refractivity contribution in [3.8, 4) is 26.8 Å². The summed E-state index contributed by atoms with van der Waals surface area (Å²) in [7, 11) is 0. The third-order valence-electron chi connectivity index (χ3n) is 4.69. The predicted molar refractivity (Wildman–Crippen MR) is 118 cm³/mol. The van der Waals surface area contributed by atoms with E-state index in [2.05, 4.69) is 4.98 Å². The summed E-state index contributed by atoms with van der Waals surface area (Å²) in [5, 5.41) is 21.3. The van der Waals surface area contributed by atoms with E-state index >= 15 is 0 Å². The highest BCUT2D eigenvalue weighted by molar-refractivity contribution is 7.21. The molecule has 0 bridgehead atoms. The number of nitro groups is 1. The lowest BCUT2D eigenvalue weighted by Crippen LogP contribution is -1.94. The number of nitrogens with zero attached hydrogens (tertiary/aromatic N) is 4. The number of thiophene rings is 1. The minimum absolute atomic E-state index is 0.0124. The monoisotopic (exact) mass is 434 g/mol. The maximum absolute atomic E-state index is 11.0. The number of rotatable bonds is 5. The van der Waals surface area contributed by atoms with Gasteiger partial charge in [-0.25, -0.2) is 9.97 Å². The van der Waals surface area contributed by atoms with E-state index in [1.807, 2.05) is 47.0 Å². The molecule has 0 saturated heterocycles. The second-order valence-corrected chi connectivity index (χ2v) is 8.66. The number of aromatic nitrogens is 3. The number of aliphatic hydroxyl groups is 1. The van der Waals surface area contributed by atoms with Crippen molar-refractivity contribution in [3.63, 3.8) is 0 Å². The second-order valence-electron chi connectivity index (χ2n) is 6.57. The third-order valence-corrected chi connectivity index (χ3v) is 6.82. The van der Waals surface area contributed by atoms with Crippen LogP contribution in [-0.4, -0.2) is 24.6 Å². The zero-order valence-corrected chi connectivity index (χ0v) is 17.1. The van der Waals surface area contributed by atoms with Crippen LogP contribution in [0.1, 0.15) is 5.56 Å². The SMILES string of the molecule is O=[N+]([O-])c1ccc(-c2cncn2-c2ccc(-c3nc4ccc(CO)cc4s3)cc2)s1. The first-order chi connectivity index (χ1) is 14.6. The molecule has 0 unspecified atom stereocenters. The quantitative estimate of drug-likeness (QED) is 0.300. The zero-order chi connectivity index (χ0) is 20.7. The van der Waals surface area contributed by atoms with Crippen LogP contribution in [0.3, 0.4) is 0 Å².